The van der Waals surface area contributed by atoms with Gasteiger partial charge in [0.2, 0.25) is 0 Å². The summed E-state index contributed by atoms with van der Waals surface area (Å²) in [6.45, 7) is 4.17. The molecule has 1 aromatic carbocycles. The Bertz CT molecular complexity index is 552. The van der Waals surface area contributed by atoms with Gasteiger partial charge in [0.25, 0.3) is 0 Å². The number of aromatic nitrogens is 1. The van der Waals surface area contributed by atoms with Crippen LogP contribution in [0.3, 0.4) is 0 Å². The number of aryl methyl sites for hydroxylation is 2. The van der Waals surface area contributed by atoms with Crippen LogP contribution in [0.25, 0.3) is 0 Å². The number of hydrogen-bond acceptors (Lipinski definition) is 2. The van der Waals surface area contributed by atoms with Crippen molar-refractivity contribution in [3.05, 3.63) is 63.4 Å². The Labute approximate surface area is 117 Å². The first-order chi connectivity index (χ1) is 8.63. The van der Waals surface area contributed by atoms with E-state index in [1.54, 1.807) is 0 Å². The fourth-order valence-electron chi connectivity index (χ4n) is 2.13. The van der Waals surface area contributed by atoms with Crippen molar-refractivity contribution >= 4 is 15.9 Å². The Morgan fingerprint density at radius 2 is 2.00 bits per heavy atom. The largest absolute Gasteiger partial charge is 0.309 e. The van der Waals surface area contributed by atoms with Crippen molar-refractivity contribution < 1.29 is 0 Å². The van der Waals surface area contributed by atoms with E-state index in [2.05, 4.69) is 64.3 Å². The van der Waals surface area contributed by atoms with E-state index in [0.29, 0.717) is 0 Å². The average molecular weight is 305 g/mol. The van der Waals surface area contributed by atoms with Gasteiger partial charge < -0.3 is 5.32 Å². The molecule has 1 atom stereocenters. The summed E-state index contributed by atoms with van der Waals surface area (Å²) >= 11 is 3.68. The molecule has 0 saturated carbocycles. The maximum Gasteiger partial charge on any atom is 0.0600 e. The molecule has 0 spiro atoms. The van der Waals surface area contributed by atoms with Crippen molar-refractivity contribution in [2.24, 2.45) is 0 Å². The number of benzene rings is 1. The fraction of sp³-hybridized carbons (Fsp3) is 0.267. The van der Waals surface area contributed by atoms with Crippen LogP contribution < -0.4 is 5.32 Å². The van der Waals surface area contributed by atoms with Gasteiger partial charge in [-0.1, -0.05) is 40.2 Å². The Morgan fingerprint density at radius 1 is 1.22 bits per heavy atom. The van der Waals surface area contributed by atoms with Crippen LogP contribution >= 0.6 is 15.9 Å². The molecule has 1 heterocycles. The zero-order chi connectivity index (χ0) is 13.1. The first kappa shape index (κ1) is 13.2. The smallest absolute Gasteiger partial charge is 0.0600 e. The van der Waals surface area contributed by atoms with E-state index in [1.165, 1.54) is 22.3 Å². The standard InChI is InChI=1S/C15H17BrN2/c1-10-7-12(9-18-8-10)15(17-3)13-6-4-5-11(2)14(13)16/h4-9,15,17H,1-3H3. The Kier molecular flexibility index (Phi) is 4.15. The van der Waals surface area contributed by atoms with Crippen LogP contribution in [0.15, 0.2) is 41.1 Å². The normalized spacial score (nSPS) is 12.4. The summed E-state index contributed by atoms with van der Waals surface area (Å²) < 4.78 is 1.16. The number of rotatable bonds is 3. The molecule has 0 saturated heterocycles. The topological polar surface area (TPSA) is 24.9 Å². The van der Waals surface area contributed by atoms with Gasteiger partial charge in [0.1, 0.15) is 0 Å². The van der Waals surface area contributed by atoms with Gasteiger partial charge in [0.05, 0.1) is 6.04 Å². The summed E-state index contributed by atoms with van der Waals surface area (Å²) in [6, 6.07) is 8.66. The van der Waals surface area contributed by atoms with E-state index in [1.807, 2.05) is 19.4 Å². The third-order valence-corrected chi connectivity index (χ3v) is 4.13. The average Bonchev–Trinajstić information content (AvgIpc) is 2.35. The zero-order valence-corrected chi connectivity index (χ0v) is 12.5. The highest BCUT2D eigenvalue weighted by Gasteiger charge is 2.16. The lowest BCUT2D eigenvalue weighted by molar-refractivity contribution is 0.684. The molecule has 1 aromatic heterocycles. The third-order valence-electron chi connectivity index (χ3n) is 3.05. The summed E-state index contributed by atoms with van der Waals surface area (Å²) in [4.78, 5) is 4.28. The maximum atomic E-state index is 4.28. The minimum atomic E-state index is 0.159. The molecule has 0 bridgehead atoms. The molecule has 2 aromatic rings. The monoisotopic (exact) mass is 304 g/mol. The van der Waals surface area contributed by atoms with Crippen LogP contribution in [0.4, 0.5) is 0 Å². The third kappa shape index (κ3) is 2.62. The number of nitrogens with zero attached hydrogens (tertiary/aromatic N) is 1. The summed E-state index contributed by atoms with van der Waals surface area (Å²) in [7, 11) is 1.97. The second-order valence-corrected chi connectivity index (χ2v) is 5.29. The molecule has 18 heavy (non-hydrogen) atoms. The zero-order valence-electron chi connectivity index (χ0n) is 10.9. The number of pyridine rings is 1. The van der Waals surface area contributed by atoms with Crippen molar-refractivity contribution in [1.82, 2.24) is 10.3 Å². The van der Waals surface area contributed by atoms with Gasteiger partial charge >= 0.3 is 0 Å². The minimum absolute atomic E-state index is 0.159. The van der Waals surface area contributed by atoms with E-state index in [9.17, 15) is 0 Å². The molecule has 1 unspecified atom stereocenters. The highest BCUT2D eigenvalue weighted by atomic mass is 79.9. The fourth-order valence-corrected chi connectivity index (χ4v) is 2.62. The van der Waals surface area contributed by atoms with E-state index >= 15 is 0 Å². The van der Waals surface area contributed by atoms with Gasteiger partial charge in [-0.15, -0.1) is 0 Å². The second-order valence-electron chi connectivity index (χ2n) is 4.50. The van der Waals surface area contributed by atoms with Crippen molar-refractivity contribution in [1.29, 1.82) is 0 Å². The lowest BCUT2D eigenvalue weighted by Crippen LogP contribution is -2.18. The van der Waals surface area contributed by atoms with Gasteiger partial charge in [-0.3, -0.25) is 4.98 Å². The molecule has 0 fully saturated rings. The molecule has 0 aliphatic heterocycles. The number of halogens is 1. The van der Waals surface area contributed by atoms with Crippen molar-refractivity contribution in [3.63, 3.8) is 0 Å². The van der Waals surface area contributed by atoms with Crippen LogP contribution in [-0.4, -0.2) is 12.0 Å². The Balaban J connectivity index is 2.49. The summed E-state index contributed by atoms with van der Waals surface area (Å²) in [5.74, 6) is 0. The molecule has 0 aliphatic rings. The highest BCUT2D eigenvalue weighted by Crippen LogP contribution is 2.30. The Hall–Kier alpha value is -1.19. The van der Waals surface area contributed by atoms with Crippen LogP contribution in [0.2, 0.25) is 0 Å². The van der Waals surface area contributed by atoms with Crippen LogP contribution in [-0.2, 0) is 0 Å². The highest BCUT2D eigenvalue weighted by molar-refractivity contribution is 9.10. The van der Waals surface area contributed by atoms with Gasteiger partial charge in [-0.2, -0.15) is 0 Å². The summed E-state index contributed by atoms with van der Waals surface area (Å²) in [6.07, 6.45) is 3.80. The van der Waals surface area contributed by atoms with Gasteiger partial charge in [0.15, 0.2) is 0 Å². The van der Waals surface area contributed by atoms with Crippen LogP contribution in [0.1, 0.15) is 28.3 Å². The molecule has 3 heteroatoms. The van der Waals surface area contributed by atoms with E-state index in [0.717, 1.165) is 4.47 Å². The molecule has 0 radical (unpaired) electrons. The SMILES string of the molecule is CNC(c1cncc(C)c1)c1cccc(C)c1Br. The van der Waals surface area contributed by atoms with Gasteiger partial charge in [-0.25, -0.2) is 0 Å². The minimum Gasteiger partial charge on any atom is -0.309 e. The molecular weight excluding hydrogens is 288 g/mol. The van der Waals surface area contributed by atoms with Crippen LogP contribution in [0, 0.1) is 13.8 Å². The van der Waals surface area contributed by atoms with E-state index in [-0.39, 0.29) is 6.04 Å². The molecular formula is C15H17BrN2. The predicted octanol–water partition coefficient (Wildman–Crippen LogP) is 3.77. The molecule has 0 amide bonds. The van der Waals surface area contributed by atoms with Crippen LogP contribution in [0.5, 0.6) is 0 Å². The molecule has 2 rings (SSSR count). The summed E-state index contributed by atoms with van der Waals surface area (Å²) in [5, 5.41) is 3.36. The first-order valence-electron chi connectivity index (χ1n) is 5.97. The molecule has 1 N–H and O–H groups in total. The van der Waals surface area contributed by atoms with E-state index < -0.39 is 0 Å². The second kappa shape index (κ2) is 5.63. The maximum absolute atomic E-state index is 4.28. The molecule has 2 nitrogen and oxygen atoms in total. The number of nitrogens with one attached hydrogen (secondary N) is 1. The van der Waals surface area contributed by atoms with Crippen molar-refractivity contribution in [2.75, 3.05) is 7.05 Å². The Morgan fingerprint density at radius 3 is 2.67 bits per heavy atom. The van der Waals surface area contributed by atoms with Crippen molar-refractivity contribution in [2.45, 2.75) is 19.9 Å². The quantitative estimate of drug-likeness (QED) is 0.933. The lowest BCUT2D eigenvalue weighted by Gasteiger charge is -2.19. The lowest BCUT2D eigenvalue weighted by atomic mass is 9.98. The molecule has 94 valence electrons. The predicted molar refractivity (Wildman–Crippen MR) is 78.8 cm³/mol. The van der Waals surface area contributed by atoms with Gasteiger partial charge in [0, 0.05) is 16.9 Å². The van der Waals surface area contributed by atoms with Crippen molar-refractivity contribution in [3.8, 4) is 0 Å². The summed E-state index contributed by atoms with van der Waals surface area (Å²) in [5.41, 5.74) is 4.85. The number of hydrogen-bond donors (Lipinski definition) is 1. The van der Waals surface area contributed by atoms with Gasteiger partial charge in [-0.05, 0) is 43.1 Å². The van der Waals surface area contributed by atoms with E-state index in [4.69, 9.17) is 0 Å². The molecule has 0 aliphatic carbocycles. The first-order valence-corrected chi connectivity index (χ1v) is 6.76.